The second-order valence-corrected chi connectivity index (χ2v) is 9.07. The molecule has 0 bridgehead atoms. The molecule has 4 rings (SSSR count). The van der Waals surface area contributed by atoms with Gasteiger partial charge in [0.2, 0.25) is 0 Å². The van der Waals surface area contributed by atoms with E-state index in [1.54, 1.807) is 24.3 Å². The van der Waals surface area contributed by atoms with Crippen LogP contribution in [0.1, 0.15) is 34.1 Å². The summed E-state index contributed by atoms with van der Waals surface area (Å²) in [6, 6.07) is 22.1. The second-order valence-electron chi connectivity index (χ2n) is 7.64. The summed E-state index contributed by atoms with van der Waals surface area (Å²) in [5, 5.41) is 5.14. The van der Waals surface area contributed by atoms with E-state index in [2.05, 4.69) is 17.5 Å². The molecule has 0 saturated carbocycles. The molecule has 0 unspecified atom stereocenters. The molecule has 1 heterocycles. The van der Waals surface area contributed by atoms with Gasteiger partial charge in [0.05, 0.1) is 11.2 Å². The molecular formula is C27H23ClN2O4S. The zero-order valence-electron chi connectivity index (χ0n) is 19.0. The van der Waals surface area contributed by atoms with Gasteiger partial charge in [-0.3, -0.25) is 4.79 Å². The molecule has 6 nitrogen and oxygen atoms in total. The van der Waals surface area contributed by atoms with Crippen LogP contribution >= 0.6 is 22.9 Å². The van der Waals surface area contributed by atoms with E-state index in [4.69, 9.17) is 21.1 Å². The number of esters is 1. The minimum atomic E-state index is -0.556. The molecule has 0 fully saturated rings. The van der Waals surface area contributed by atoms with E-state index in [0.29, 0.717) is 27.0 Å². The fraction of sp³-hybridized carbons (Fsp3) is 0.148. The summed E-state index contributed by atoms with van der Waals surface area (Å²) in [6.45, 7) is 1.95. The van der Waals surface area contributed by atoms with Crippen molar-refractivity contribution in [2.45, 2.75) is 19.8 Å². The Morgan fingerprint density at radius 3 is 2.54 bits per heavy atom. The molecular weight excluding hydrogens is 484 g/mol. The minimum absolute atomic E-state index is 0.175. The van der Waals surface area contributed by atoms with Crippen molar-refractivity contribution in [3.8, 4) is 11.5 Å². The van der Waals surface area contributed by atoms with Crippen LogP contribution < -0.4 is 14.9 Å². The zero-order valence-corrected chi connectivity index (χ0v) is 20.6. The van der Waals surface area contributed by atoms with Crippen molar-refractivity contribution < 1.29 is 19.1 Å². The highest BCUT2D eigenvalue weighted by Crippen LogP contribution is 2.36. The van der Waals surface area contributed by atoms with Gasteiger partial charge in [-0.15, -0.1) is 11.3 Å². The monoisotopic (exact) mass is 506 g/mol. The largest absolute Gasteiger partial charge is 0.484 e. The van der Waals surface area contributed by atoms with E-state index >= 15 is 0 Å². The first-order chi connectivity index (χ1) is 17.0. The van der Waals surface area contributed by atoms with E-state index in [1.165, 1.54) is 23.1 Å². The summed E-state index contributed by atoms with van der Waals surface area (Å²) in [4.78, 5) is 25.2. The van der Waals surface area contributed by atoms with Crippen LogP contribution in [0.4, 0.5) is 0 Å². The van der Waals surface area contributed by atoms with Crippen molar-refractivity contribution in [2.75, 3.05) is 6.61 Å². The van der Waals surface area contributed by atoms with Crippen LogP contribution in [0.5, 0.6) is 11.5 Å². The quantitative estimate of drug-likeness (QED) is 0.126. The number of nitrogens with one attached hydrogen (secondary N) is 1. The SMILES string of the molecule is CCCc1ccc(OCC(=O)NN=Cc2ccccc2OC(=O)c2sc3ccccc3c2Cl)cc1. The number of hydrogen-bond acceptors (Lipinski definition) is 6. The first-order valence-corrected chi connectivity index (χ1v) is 12.3. The summed E-state index contributed by atoms with van der Waals surface area (Å²) in [7, 11) is 0. The summed E-state index contributed by atoms with van der Waals surface area (Å²) < 4.78 is 12.0. The van der Waals surface area contributed by atoms with Crippen LogP contribution in [0.3, 0.4) is 0 Å². The first-order valence-electron chi connectivity index (χ1n) is 11.1. The Morgan fingerprint density at radius 1 is 1.03 bits per heavy atom. The molecule has 1 aromatic heterocycles. The van der Waals surface area contributed by atoms with Gasteiger partial charge < -0.3 is 9.47 Å². The molecule has 0 aliphatic carbocycles. The van der Waals surface area contributed by atoms with Gasteiger partial charge in [0.25, 0.3) is 5.91 Å². The third-order valence-electron chi connectivity index (χ3n) is 5.07. The number of amides is 1. The fourth-order valence-corrected chi connectivity index (χ4v) is 4.75. The second kappa shape index (κ2) is 11.6. The third kappa shape index (κ3) is 6.26. The van der Waals surface area contributed by atoms with Gasteiger partial charge >= 0.3 is 5.97 Å². The molecule has 0 atom stereocenters. The number of aryl methyl sites for hydroxylation is 1. The van der Waals surface area contributed by atoms with Gasteiger partial charge in [-0.1, -0.05) is 67.4 Å². The summed E-state index contributed by atoms with van der Waals surface area (Å²) in [5.74, 6) is -0.0570. The number of thiophene rings is 1. The number of rotatable bonds is 9. The van der Waals surface area contributed by atoms with Crippen molar-refractivity contribution in [3.63, 3.8) is 0 Å². The van der Waals surface area contributed by atoms with Gasteiger partial charge in [0, 0.05) is 15.6 Å². The maximum atomic E-state index is 12.8. The van der Waals surface area contributed by atoms with E-state index < -0.39 is 11.9 Å². The molecule has 178 valence electrons. The maximum Gasteiger partial charge on any atom is 0.355 e. The average Bonchev–Trinajstić information content (AvgIpc) is 3.21. The number of benzene rings is 3. The normalized spacial score (nSPS) is 11.0. The highest BCUT2D eigenvalue weighted by atomic mass is 35.5. The molecule has 0 radical (unpaired) electrons. The summed E-state index contributed by atoms with van der Waals surface area (Å²) in [6.07, 6.45) is 3.48. The van der Waals surface area contributed by atoms with Crippen molar-refractivity contribution in [3.05, 3.63) is 93.8 Å². The van der Waals surface area contributed by atoms with Gasteiger partial charge in [0.15, 0.2) is 6.61 Å². The van der Waals surface area contributed by atoms with Crippen molar-refractivity contribution in [1.29, 1.82) is 0 Å². The van der Waals surface area contributed by atoms with Gasteiger partial charge in [-0.05, 0) is 42.3 Å². The molecule has 1 amide bonds. The van der Waals surface area contributed by atoms with Crippen LogP contribution in [-0.4, -0.2) is 24.7 Å². The lowest BCUT2D eigenvalue weighted by Gasteiger charge is -2.07. The number of fused-ring (bicyclic) bond motifs is 1. The Labute approximate surface area is 212 Å². The van der Waals surface area contributed by atoms with E-state index in [1.807, 2.05) is 48.5 Å². The van der Waals surface area contributed by atoms with Crippen LogP contribution in [-0.2, 0) is 11.2 Å². The summed E-state index contributed by atoms with van der Waals surface area (Å²) >= 11 is 7.67. The number of nitrogens with zero attached hydrogens (tertiary/aromatic N) is 1. The molecule has 0 aliphatic heterocycles. The highest BCUT2D eigenvalue weighted by molar-refractivity contribution is 7.21. The lowest BCUT2D eigenvalue weighted by Crippen LogP contribution is -2.24. The maximum absolute atomic E-state index is 12.8. The fourth-order valence-electron chi connectivity index (χ4n) is 3.37. The first kappa shape index (κ1) is 24.4. The minimum Gasteiger partial charge on any atom is -0.484 e. The van der Waals surface area contributed by atoms with Gasteiger partial charge in [-0.2, -0.15) is 5.10 Å². The zero-order chi connectivity index (χ0) is 24.6. The molecule has 0 spiro atoms. The Bertz CT molecular complexity index is 1370. The smallest absolute Gasteiger partial charge is 0.355 e. The lowest BCUT2D eigenvalue weighted by molar-refractivity contribution is -0.123. The molecule has 3 aromatic carbocycles. The Balaban J connectivity index is 1.35. The number of ether oxygens (including phenoxy) is 2. The molecule has 1 N–H and O–H groups in total. The Morgan fingerprint density at radius 2 is 1.77 bits per heavy atom. The van der Waals surface area contributed by atoms with E-state index in [0.717, 1.165) is 22.9 Å². The van der Waals surface area contributed by atoms with Crippen molar-refractivity contribution in [2.24, 2.45) is 5.10 Å². The number of carbonyl (C=O) groups excluding carboxylic acids is 2. The Kier molecular flexibility index (Phi) is 8.13. The molecule has 0 aliphatic rings. The number of hydrogen-bond donors (Lipinski definition) is 1. The predicted octanol–water partition coefficient (Wildman–Crippen LogP) is 6.26. The van der Waals surface area contributed by atoms with Gasteiger partial charge in [-0.25, -0.2) is 10.2 Å². The van der Waals surface area contributed by atoms with E-state index in [-0.39, 0.29) is 6.61 Å². The third-order valence-corrected chi connectivity index (χ3v) is 6.72. The number of para-hydroxylation sites is 1. The number of hydrazone groups is 1. The van der Waals surface area contributed by atoms with Crippen LogP contribution in [0.15, 0.2) is 77.9 Å². The van der Waals surface area contributed by atoms with Crippen molar-refractivity contribution in [1.82, 2.24) is 5.43 Å². The average molecular weight is 507 g/mol. The number of halogens is 1. The molecule has 4 aromatic rings. The van der Waals surface area contributed by atoms with Crippen LogP contribution in [0, 0.1) is 0 Å². The highest BCUT2D eigenvalue weighted by Gasteiger charge is 2.19. The van der Waals surface area contributed by atoms with Crippen LogP contribution in [0.2, 0.25) is 5.02 Å². The number of carbonyl (C=O) groups is 2. The van der Waals surface area contributed by atoms with Gasteiger partial charge in [0.1, 0.15) is 16.4 Å². The molecule has 8 heteroatoms. The standard InChI is InChI=1S/C27H23ClN2O4S/c1-2-7-18-12-14-20(15-13-18)33-17-24(31)30-29-16-19-8-3-5-10-22(19)34-27(32)26-25(28)21-9-4-6-11-23(21)35-26/h3-6,8-16H,2,7,17H2,1H3,(H,30,31). The predicted molar refractivity (Wildman–Crippen MR) is 140 cm³/mol. The Hall–Kier alpha value is -3.68. The molecule has 35 heavy (non-hydrogen) atoms. The van der Waals surface area contributed by atoms with E-state index in [9.17, 15) is 9.59 Å². The summed E-state index contributed by atoms with van der Waals surface area (Å²) in [5.41, 5.74) is 4.16. The van der Waals surface area contributed by atoms with Crippen molar-refractivity contribution >= 4 is 51.1 Å². The molecule has 0 saturated heterocycles. The lowest BCUT2D eigenvalue weighted by atomic mass is 10.1. The topological polar surface area (TPSA) is 77.0 Å². The van der Waals surface area contributed by atoms with Crippen LogP contribution in [0.25, 0.3) is 10.1 Å².